The number of hydrogen-bond acceptors (Lipinski definition) is 6. The molecule has 1 N–H and O–H groups in total. The molecule has 0 fully saturated rings. The first kappa shape index (κ1) is 19.2. The van der Waals surface area contributed by atoms with E-state index in [4.69, 9.17) is 4.74 Å². The van der Waals surface area contributed by atoms with Gasteiger partial charge in [0.1, 0.15) is 0 Å². The number of rotatable bonds is 6. The summed E-state index contributed by atoms with van der Waals surface area (Å²) in [5.74, 6) is -4.28. The number of benzene rings is 2. The minimum absolute atomic E-state index is 0.0203. The average molecular weight is 386 g/mol. The molecule has 8 nitrogen and oxygen atoms in total. The van der Waals surface area contributed by atoms with Crippen LogP contribution in [0.2, 0.25) is 0 Å². The van der Waals surface area contributed by atoms with Gasteiger partial charge in [-0.15, -0.1) is 0 Å². The van der Waals surface area contributed by atoms with Gasteiger partial charge in [0.15, 0.2) is 5.75 Å². The number of amides is 1. The van der Waals surface area contributed by atoms with E-state index in [1.807, 2.05) is 0 Å². The van der Waals surface area contributed by atoms with Gasteiger partial charge in [-0.2, -0.15) is 8.78 Å². The topological polar surface area (TPSA) is 116 Å². The van der Waals surface area contributed by atoms with Gasteiger partial charge in [-0.3, -0.25) is 14.9 Å². The van der Waals surface area contributed by atoms with Crippen LogP contribution in [0.3, 0.4) is 0 Å². The lowest BCUT2D eigenvalue weighted by Gasteiger charge is -2.08. The molecule has 0 unspecified atom stereocenters. The Morgan fingerprint density at radius 3 is 2.31 bits per heavy atom. The summed E-state index contributed by atoms with van der Waals surface area (Å²) in [4.78, 5) is 21.8. The van der Waals surface area contributed by atoms with E-state index >= 15 is 0 Å². The van der Waals surface area contributed by atoms with Crippen molar-refractivity contribution in [2.45, 2.75) is 10.7 Å². The van der Waals surface area contributed by atoms with Crippen molar-refractivity contribution < 1.29 is 31.7 Å². The molecule has 0 aliphatic rings. The van der Waals surface area contributed by atoms with Crippen molar-refractivity contribution in [3.05, 3.63) is 58.1 Å². The van der Waals surface area contributed by atoms with Gasteiger partial charge in [0.25, 0.3) is 5.91 Å². The van der Waals surface area contributed by atoms with Crippen molar-refractivity contribution in [1.29, 1.82) is 0 Å². The van der Waals surface area contributed by atoms with Crippen LogP contribution in [0.5, 0.6) is 5.75 Å². The smallest absolute Gasteiger partial charge is 0.341 e. The average Bonchev–Trinajstić information content (AvgIpc) is 2.61. The van der Waals surface area contributed by atoms with E-state index in [9.17, 15) is 32.1 Å². The first-order valence-corrected chi connectivity index (χ1v) is 8.47. The summed E-state index contributed by atoms with van der Waals surface area (Å²) in [6.45, 7) is 0. The van der Waals surface area contributed by atoms with Crippen LogP contribution in [-0.4, -0.2) is 32.1 Å². The van der Waals surface area contributed by atoms with Gasteiger partial charge in [-0.05, 0) is 36.4 Å². The molecule has 0 spiro atoms. The Kier molecular flexibility index (Phi) is 5.50. The van der Waals surface area contributed by atoms with Gasteiger partial charge in [-0.1, -0.05) is 0 Å². The minimum atomic E-state index is -4.73. The highest BCUT2D eigenvalue weighted by Crippen LogP contribution is 2.28. The Labute approximate surface area is 146 Å². The van der Waals surface area contributed by atoms with Crippen molar-refractivity contribution in [3.8, 4) is 5.75 Å². The summed E-state index contributed by atoms with van der Waals surface area (Å²) in [5, 5.41) is 13.4. The molecule has 0 aliphatic carbocycles. The fourth-order valence-electron chi connectivity index (χ4n) is 2.01. The molecule has 0 bridgehead atoms. The number of halogens is 2. The summed E-state index contributed by atoms with van der Waals surface area (Å²) in [7, 11) is -3.48. The second-order valence-corrected chi connectivity index (χ2v) is 6.85. The standard InChI is InChI=1S/C15H12F2N2O6S/c1-25-13-7-2-9(8-12(13)19(21)22)14(20)18-10-3-5-11(6-4-10)26(23,24)15(16)17/h2-8,15H,1H3,(H,18,20). The number of sulfone groups is 1. The molecule has 0 heterocycles. The normalized spacial score (nSPS) is 11.2. The van der Waals surface area contributed by atoms with E-state index in [1.165, 1.54) is 19.2 Å². The number of nitrogens with zero attached hydrogens (tertiary/aromatic N) is 1. The number of carbonyl (C=O) groups excluding carboxylic acids is 1. The predicted octanol–water partition coefficient (Wildman–Crippen LogP) is 2.85. The lowest BCUT2D eigenvalue weighted by atomic mass is 10.1. The molecule has 2 rings (SSSR count). The SMILES string of the molecule is COc1ccc(C(=O)Nc2ccc(S(=O)(=O)C(F)F)cc2)cc1[N+](=O)[O-]. The number of carbonyl (C=O) groups is 1. The van der Waals surface area contributed by atoms with Crippen LogP contribution >= 0.6 is 0 Å². The quantitative estimate of drug-likeness (QED) is 0.603. The van der Waals surface area contributed by atoms with Gasteiger partial charge in [-0.25, -0.2) is 8.42 Å². The number of ether oxygens (including phenoxy) is 1. The highest BCUT2D eigenvalue weighted by atomic mass is 32.2. The maximum atomic E-state index is 12.5. The molecule has 26 heavy (non-hydrogen) atoms. The molecule has 0 aromatic heterocycles. The van der Waals surface area contributed by atoms with Crippen LogP contribution in [0.1, 0.15) is 10.4 Å². The maximum Gasteiger partial charge on any atom is 0.341 e. The fourth-order valence-corrected chi connectivity index (χ4v) is 2.73. The van der Waals surface area contributed by atoms with Crippen LogP contribution in [-0.2, 0) is 9.84 Å². The molecule has 0 saturated carbocycles. The van der Waals surface area contributed by atoms with E-state index in [0.717, 1.165) is 30.3 Å². The molecular formula is C15H12F2N2O6S. The van der Waals surface area contributed by atoms with Crippen LogP contribution in [0, 0.1) is 10.1 Å². The van der Waals surface area contributed by atoms with Gasteiger partial charge in [0.2, 0.25) is 9.84 Å². The first-order chi connectivity index (χ1) is 12.2. The summed E-state index contributed by atoms with van der Waals surface area (Å²) >= 11 is 0. The predicted molar refractivity (Wildman–Crippen MR) is 87.2 cm³/mol. The summed E-state index contributed by atoms with van der Waals surface area (Å²) in [6.07, 6.45) is 0. The van der Waals surface area contributed by atoms with Crippen LogP contribution in [0.15, 0.2) is 47.4 Å². The first-order valence-electron chi connectivity index (χ1n) is 6.92. The van der Waals surface area contributed by atoms with Crippen molar-refractivity contribution >= 4 is 27.1 Å². The minimum Gasteiger partial charge on any atom is -0.490 e. The molecule has 0 saturated heterocycles. The van der Waals surface area contributed by atoms with Crippen molar-refractivity contribution in [1.82, 2.24) is 0 Å². The van der Waals surface area contributed by atoms with E-state index in [2.05, 4.69) is 5.32 Å². The van der Waals surface area contributed by atoms with E-state index in [1.54, 1.807) is 0 Å². The Morgan fingerprint density at radius 1 is 1.19 bits per heavy atom. The zero-order valence-corrected chi connectivity index (χ0v) is 14.0. The number of hydrogen-bond donors (Lipinski definition) is 1. The molecule has 0 radical (unpaired) electrons. The Hall–Kier alpha value is -3.08. The van der Waals surface area contributed by atoms with E-state index in [0.29, 0.717) is 0 Å². The van der Waals surface area contributed by atoms with Gasteiger partial charge < -0.3 is 10.1 Å². The zero-order chi connectivity index (χ0) is 19.5. The maximum absolute atomic E-state index is 12.5. The number of nitrogens with one attached hydrogen (secondary N) is 1. The molecule has 2 aromatic carbocycles. The third kappa shape index (κ3) is 3.94. The lowest BCUT2D eigenvalue weighted by molar-refractivity contribution is -0.385. The zero-order valence-electron chi connectivity index (χ0n) is 13.2. The monoisotopic (exact) mass is 386 g/mol. The number of methoxy groups -OCH3 is 1. The summed E-state index contributed by atoms with van der Waals surface area (Å²) in [6, 6.07) is 7.68. The Balaban J connectivity index is 2.23. The molecule has 138 valence electrons. The van der Waals surface area contributed by atoms with E-state index < -0.39 is 37.0 Å². The largest absolute Gasteiger partial charge is 0.490 e. The second kappa shape index (κ2) is 7.44. The highest BCUT2D eigenvalue weighted by molar-refractivity contribution is 7.91. The summed E-state index contributed by atoms with van der Waals surface area (Å²) in [5.41, 5.74) is -0.318. The Bertz CT molecular complexity index is 945. The van der Waals surface area contributed by atoms with Crippen LogP contribution in [0.4, 0.5) is 20.2 Å². The number of alkyl halides is 2. The number of nitro groups is 1. The Morgan fingerprint density at radius 2 is 1.81 bits per heavy atom. The highest BCUT2D eigenvalue weighted by Gasteiger charge is 2.26. The lowest BCUT2D eigenvalue weighted by Crippen LogP contribution is -2.13. The van der Waals surface area contributed by atoms with Crippen molar-refractivity contribution in [2.75, 3.05) is 12.4 Å². The molecular weight excluding hydrogens is 374 g/mol. The van der Waals surface area contributed by atoms with Gasteiger partial charge >= 0.3 is 11.4 Å². The van der Waals surface area contributed by atoms with Gasteiger partial charge in [0, 0.05) is 17.3 Å². The molecule has 0 atom stereocenters. The van der Waals surface area contributed by atoms with E-state index in [-0.39, 0.29) is 17.0 Å². The molecule has 0 aliphatic heterocycles. The molecule has 1 amide bonds. The number of nitro benzene ring substituents is 1. The van der Waals surface area contributed by atoms with Crippen LogP contribution < -0.4 is 10.1 Å². The third-order valence-electron chi connectivity index (χ3n) is 3.31. The van der Waals surface area contributed by atoms with Crippen molar-refractivity contribution in [3.63, 3.8) is 0 Å². The number of anilines is 1. The molecule has 2 aromatic rings. The second-order valence-electron chi connectivity index (χ2n) is 4.93. The van der Waals surface area contributed by atoms with Gasteiger partial charge in [0.05, 0.1) is 16.9 Å². The third-order valence-corrected chi connectivity index (χ3v) is 4.71. The van der Waals surface area contributed by atoms with Crippen LogP contribution in [0.25, 0.3) is 0 Å². The molecule has 11 heteroatoms. The summed E-state index contributed by atoms with van der Waals surface area (Å²) < 4.78 is 52.4. The fraction of sp³-hybridized carbons (Fsp3) is 0.133. The van der Waals surface area contributed by atoms with Crippen molar-refractivity contribution in [2.24, 2.45) is 0 Å².